The molecule has 0 spiro atoms. The lowest BCUT2D eigenvalue weighted by Crippen LogP contribution is -2.08. The molecule has 2 N–H and O–H groups in total. The standard InChI is InChI=1S/C9H9NO2/c1-5-7-3-2-6(11)4-8(7)10-9(5)12/h2-5,11H,1H3,(H,10,12)/t5-/m1/s1. The van der Waals surface area contributed by atoms with Crippen molar-refractivity contribution in [3.8, 4) is 5.75 Å². The number of fused-ring (bicyclic) bond motifs is 1. The Kier molecular flexibility index (Phi) is 1.33. The Labute approximate surface area is 70.0 Å². The highest BCUT2D eigenvalue weighted by atomic mass is 16.3. The van der Waals surface area contributed by atoms with E-state index in [1.807, 2.05) is 6.92 Å². The Morgan fingerprint density at radius 2 is 2.25 bits per heavy atom. The van der Waals surface area contributed by atoms with Gasteiger partial charge < -0.3 is 10.4 Å². The number of amides is 1. The van der Waals surface area contributed by atoms with Gasteiger partial charge in [0.25, 0.3) is 0 Å². The Morgan fingerprint density at radius 3 is 3.00 bits per heavy atom. The summed E-state index contributed by atoms with van der Waals surface area (Å²) in [5.41, 5.74) is 1.69. The van der Waals surface area contributed by atoms with Crippen LogP contribution in [0.5, 0.6) is 5.75 Å². The zero-order valence-electron chi connectivity index (χ0n) is 6.66. The molecular formula is C9H9NO2. The third kappa shape index (κ3) is 0.863. The molecule has 0 saturated carbocycles. The van der Waals surface area contributed by atoms with E-state index >= 15 is 0 Å². The minimum absolute atomic E-state index is 0.00407. The van der Waals surface area contributed by atoms with Crippen LogP contribution in [-0.2, 0) is 4.79 Å². The summed E-state index contributed by atoms with van der Waals surface area (Å²) in [6.07, 6.45) is 0. The monoisotopic (exact) mass is 163 g/mol. The van der Waals surface area contributed by atoms with E-state index in [1.165, 1.54) is 0 Å². The predicted octanol–water partition coefficient (Wildman–Crippen LogP) is 1.45. The van der Waals surface area contributed by atoms with Crippen molar-refractivity contribution in [2.45, 2.75) is 12.8 Å². The van der Waals surface area contributed by atoms with Crippen molar-refractivity contribution in [2.75, 3.05) is 5.32 Å². The summed E-state index contributed by atoms with van der Waals surface area (Å²) < 4.78 is 0. The molecule has 3 heteroatoms. The summed E-state index contributed by atoms with van der Waals surface area (Å²) in [5, 5.41) is 11.8. The van der Waals surface area contributed by atoms with Crippen LogP contribution < -0.4 is 5.32 Å². The van der Waals surface area contributed by atoms with Gasteiger partial charge in [0, 0.05) is 11.8 Å². The zero-order valence-corrected chi connectivity index (χ0v) is 6.66. The van der Waals surface area contributed by atoms with Gasteiger partial charge in [0.2, 0.25) is 5.91 Å². The number of phenolic OH excluding ortho intramolecular Hbond substituents is 1. The molecule has 1 aromatic rings. The number of carbonyl (C=O) groups excluding carboxylic acids is 1. The number of nitrogens with one attached hydrogen (secondary N) is 1. The number of carbonyl (C=O) groups is 1. The van der Waals surface area contributed by atoms with Gasteiger partial charge in [-0.05, 0) is 18.6 Å². The molecule has 1 amide bonds. The molecule has 1 heterocycles. The average Bonchev–Trinajstić information content (AvgIpc) is 2.28. The van der Waals surface area contributed by atoms with Crippen molar-refractivity contribution in [1.29, 1.82) is 0 Å². The Balaban J connectivity index is 2.54. The fraction of sp³-hybridized carbons (Fsp3) is 0.222. The van der Waals surface area contributed by atoms with E-state index in [0.717, 1.165) is 11.3 Å². The summed E-state index contributed by atoms with van der Waals surface area (Å²) in [5.74, 6) is 0.0827. The second-order valence-corrected chi connectivity index (χ2v) is 2.98. The Bertz CT molecular complexity index is 346. The van der Waals surface area contributed by atoms with Crippen molar-refractivity contribution in [3.05, 3.63) is 23.8 Å². The van der Waals surface area contributed by atoms with Crippen LogP contribution >= 0.6 is 0 Å². The highest BCUT2D eigenvalue weighted by molar-refractivity contribution is 6.02. The fourth-order valence-corrected chi connectivity index (χ4v) is 1.41. The molecule has 3 nitrogen and oxygen atoms in total. The largest absolute Gasteiger partial charge is 0.508 e. The fourth-order valence-electron chi connectivity index (χ4n) is 1.41. The molecule has 1 atom stereocenters. The number of phenols is 1. The number of rotatable bonds is 0. The lowest BCUT2D eigenvalue weighted by molar-refractivity contribution is -0.116. The molecule has 0 aromatic heterocycles. The first-order chi connectivity index (χ1) is 5.68. The first-order valence-electron chi connectivity index (χ1n) is 3.82. The van der Waals surface area contributed by atoms with E-state index in [4.69, 9.17) is 5.11 Å². The molecule has 1 aliphatic heterocycles. The molecule has 0 bridgehead atoms. The zero-order chi connectivity index (χ0) is 8.72. The lowest BCUT2D eigenvalue weighted by atomic mass is 10.0. The maximum absolute atomic E-state index is 11.1. The van der Waals surface area contributed by atoms with Gasteiger partial charge in [-0.3, -0.25) is 4.79 Å². The van der Waals surface area contributed by atoms with E-state index in [2.05, 4.69) is 5.32 Å². The van der Waals surface area contributed by atoms with Crippen molar-refractivity contribution in [3.63, 3.8) is 0 Å². The summed E-state index contributed by atoms with van der Waals surface area (Å²) in [7, 11) is 0. The third-order valence-electron chi connectivity index (χ3n) is 2.15. The van der Waals surface area contributed by atoms with E-state index in [9.17, 15) is 4.79 Å². The second kappa shape index (κ2) is 2.24. The first kappa shape index (κ1) is 7.16. The van der Waals surface area contributed by atoms with Gasteiger partial charge in [-0.1, -0.05) is 6.07 Å². The number of aromatic hydroxyl groups is 1. The first-order valence-corrected chi connectivity index (χ1v) is 3.82. The Hall–Kier alpha value is -1.51. The quantitative estimate of drug-likeness (QED) is 0.608. The molecule has 0 saturated heterocycles. The highest BCUT2D eigenvalue weighted by Gasteiger charge is 2.26. The maximum atomic E-state index is 11.1. The molecule has 0 aliphatic carbocycles. The van der Waals surface area contributed by atoms with Crippen molar-refractivity contribution in [1.82, 2.24) is 0 Å². The van der Waals surface area contributed by atoms with E-state index in [1.54, 1.807) is 18.2 Å². The normalized spacial score (nSPS) is 20.4. The van der Waals surface area contributed by atoms with E-state index < -0.39 is 0 Å². The van der Waals surface area contributed by atoms with Gasteiger partial charge in [0.15, 0.2) is 0 Å². The SMILES string of the molecule is C[C@H]1C(=O)Nc2cc(O)ccc21. The third-order valence-corrected chi connectivity index (χ3v) is 2.15. The molecule has 0 fully saturated rings. The molecule has 0 unspecified atom stereocenters. The van der Waals surface area contributed by atoms with E-state index in [0.29, 0.717) is 0 Å². The van der Waals surface area contributed by atoms with Gasteiger partial charge in [0.05, 0.1) is 5.92 Å². The molecule has 0 radical (unpaired) electrons. The summed E-state index contributed by atoms with van der Waals surface area (Å²) in [6.45, 7) is 1.85. The lowest BCUT2D eigenvalue weighted by Gasteiger charge is -1.99. The number of anilines is 1. The predicted molar refractivity (Wildman–Crippen MR) is 45.2 cm³/mol. The van der Waals surface area contributed by atoms with E-state index in [-0.39, 0.29) is 17.6 Å². The molecule has 1 aromatic carbocycles. The smallest absolute Gasteiger partial charge is 0.231 e. The number of hydrogen-bond acceptors (Lipinski definition) is 2. The van der Waals surface area contributed by atoms with Crippen LogP contribution in [0, 0.1) is 0 Å². The maximum Gasteiger partial charge on any atom is 0.231 e. The number of benzene rings is 1. The van der Waals surface area contributed by atoms with Crippen LogP contribution in [0.1, 0.15) is 18.4 Å². The highest BCUT2D eigenvalue weighted by Crippen LogP contribution is 2.33. The molecule has 2 rings (SSSR count). The molecule has 1 aliphatic rings. The van der Waals surface area contributed by atoms with Crippen LogP contribution in [0.2, 0.25) is 0 Å². The average molecular weight is 163 g/mol. The van der Waals surface area contributed by atoms with Crippen LogP contribution in [0.3, 0.4) is 0 Å². The van der Waals surface area contributed by atoms with Crippen LogP contribution in [-0.4, -0.2) is 11.0 Å². The Morgan fingerprint density at radius 1 is 1.50 bits per heavy atom. The molecular weight excluding hydrogens is 154 g/mol. The van der Waals surface area contributed by atoms with Crippen molar-refractivity contribution < 1.29 is 9.90 Å². The topological polar surface area (TPSA) is 49.3 Å². The summed E-state index contributed by atoms with van der Waals surface area (Å²) in [6, 6.07) is 4.93. The van der Waals surface area contributed by atoms with Crippen LogP contribution in [0.4, 0.5) is 5.69 Å². The van der Waals surface area contributed by atoms with Gasteiger partial charge >= 0.3 is 0 Å². The molecule has 62 valence electrons. The number of hydrogen-bond donors (Lipinski definition) is 2. The van der Waals surface area contributed by atoms with Crippen LogP contribution in [0.25, 0.3) is 0 Å². The van der Waals surface area contributed by atoms with Gasteiger partial charge in [-0.2, -0.15) is 0 Å². The van der Waals surface area contributed by atoms with Crippen molar-refractivity contribution >= 4 is 11.6 Å². The van der Waals surface area contributed by atoms with Crippen molar-refractivity contribution in [2.24, 2.45) is 0 Å². The van der Waals surface area contributed by atoms with Gasteiger partial charge in [-0.25, -0.2) is 0 Å². The second-order valence-electron chi connectivity index (χ2n) is 2.98. The summed E-state index contributed by atoms with van der Waals surface area (Å²) in [4.78, 5) is 11.1. The van der Waals surface area contributed by atoms with Gasteiger partial charge in [0.1, 0.15) is 5.75 Å². The molecule has 12 heavy (non-hydrogen) atoms. The summed E-state index contributed by atoms with van der Waals surface area (Å²) >= 11 is 0. The minimum atomic E-state index is -0.0967. The minimum Gasteiger partial charge on any atom is -0.508 e. The van der Waals surface area contributed by atoms with Gasteiger partial charge in [-0.15, -0.1) is 0 Å². The van der Waals surface area contributed by atoms with Crippen LogP contribution in [0.15, 0.2) is 18.2 Å².